The quantitative estimate of drug-likeness (QED) is 0.769. The lowest BCUT2D eigenvalue weighted by Crippen LogP contribution is -2.28. The summed E-state index contributed by atoms with van der Waals surface area (Å²) in [5.74, 6) is 0.478. The van der Waals surface area contributed by atoms with Gasteiger partial charge >= 0.3 is 5.69 Å². The second kappa shape index (κ2) is 7.31. The number of para-hydroxylation sites is 1. The van der Waals surface area contributed by atoms with E-state index in [1.165, 1.54) is 9.13 Å². The number of aromatic nitrogens is 2. The van der Waals surface area contributed by atoms with Crippen molar-refractivity contribution in [2.24, 2.45) is 0 Å². The van der Waals surface area contributed by atoms with Gasteiger partial charge in [0.25, 0.3) is 0 Å². The number of benzene rings is 2. The fourth-order valence-corrected chi connectivity index (χ4v) is 2.82. The molecule has 134 valence electrons. The molecule has 6 nitrogen and oxygen atoms in total. The van der Waals surface area contributed by atoms with E-state index in [4.69, 9.17) is 4.74 Å². The third-order valence-corrected chi connectivity index (χ3v) is 4.26. The highest BCUT2D eigenvalue weighted by atomic mass is 16.5. The molecule has 0 aliphatic rings. The number of hydrogen-bond acceptors (Lipinski definition) is 3. The third-order valence-electron chi connectivity index (χ3n) is 4.26. The van der Waals surface area contributed by atoms with E-state index in [1.54, 1.807) is 43.8 Å². The zero-order valence-corrected chi connectivity index (χ0v) is 15.0. The van der Waals surface area contributed by atoms with Crippen LogP contribution in [0, 0.1) is 13.8 Å². The average molecular weight is 351 g/mol. The topological polar surface area (TPSA) is 65.3 Å². The monoisotopic (exact) mass is 351 g/mol. The molecule has 0 spiro atoms. The van der Waals surface area contributed by atoms with Crippen LogP contribution in [0.15, 0.2) is 59.7 Å². The van der Waals surface area contributed by atoms with Crippen molar-refractivity contribution in [3.05, 3.63) is 76.5 Å². The molecule has 6 heteroatoms. The first-order valence-corrected chi connectivity index (χ1v) is 8.28. The normalized spacial score (nSPS) is 10.6. The van der Waals surface area contributed by atoms with Crippen LogP contribution in [-0.2, 0) is 11.3 Å². The molecule has 1 aromatic heterocycles. The summed E-state index contributed by atoms with van der Waals surface area (Å²) in [4.78, 5) is 24.9. The SMILES string of the molecule is COc1ccc(-n2ccn(CC(=O)Nc3c(C)cccc3C)c2=O)cc1. The molecule has 26 heavy (non-hydrogen) atoms. The van der Waals surface area contributed by atoms with Gasteiger partial charge in [0.15, 0.2) is 0 Å². The molecule has 0 fully saturated rings. The number of nitrogens with one attached hydrogen (secondary N) is 1. The molecule has 0 atom stereocenters. The van der Waals surface area contributed by atoms with Crippen LogP contribution in [0.2, 0.25) is 0 Å². The standard InChI is InChI=1S/C20H21N3O3/c1-14-5-4-6-15(2)19(14)21-18(24)13-22-11-12-23(20(22)25)16-7-9-17(26-3)10-8-16/h4-12H,13H2,1-3H3,(H,21,24). The van der Waals surface area contributed by atoms with Crippen LogP contribution >= 0.6 is 0 Å². The number of carbonyl (C=O) groups is 1. The van der Waals surface area contributed by atoms with Gasteiger partial charge in [-0.3, -0.25) is 13.9 Å². The number of carbonyl (C=O) groups excluding carboxylic acids is 1. The Balaban J connectivity index is 1.77. The molecular weight excluding hydrogens is 330 g/mol. The van der Waals surface area contributed by atoms with Crippen molar-refractivity contribution in [2.45, 2.75) is 20.4 Å². The van der Waals surface area contributed by atoms with E-state index >= 15 is 0 Å². The number of amides is 1. The highest BCUT2D eigenvalue weighted by Gasteiger charge is 2.11. The summed E-state index contributed by atoms with van der Waals surface area (Å²) in [6.45, 7) is 3.83. The summed E-state index contributed by atoms with van der Waals surface area (Å²) in [5, 5.41) is 2.89. The summed E-state index contributed by atoms with van der Waals surface area (Å²) in [6.07, 6.45) is 3.26. The van der Waals surface area contributed by atoms with E-state index in [0.717, 1.165) is 16.8 Å². The number of methoxy groups -OCH3 is 1. The van der Waals surface area contributed by atoms with Crippen molar-refractivity contribution in [3.63, 3.8) is 0 Å². The zero-order chi connectivity index (χ0) is 18.7. The number of rotatable bonds is 5. The molecule has 3 rings (SSSR count). The Hall–Kier alpha value is -3.28. The molecule has 3 aromatic rings. The van der Waals surface area contributed by atoms with Crippen molar-refractivity contribution >= 4 is 11.6 Å². The van der Waals surface area contributed by atoms with E-state index in [9.17, 15) is 9.59 Å². The first-order valence-electron chi connectivity index (χ1n) is 8.28. The van der Waals surface area contributed by atoms with E-state index in [-0.39, 0.29) is 18.1 Å². The van der Waals surface area contributed by atoms with Gasteiger partial charge in [-0.2, -0.15) is 0 Å². The lowest BCUT2D eigenvalue weighted by atomic mass is 10.1. The number of nitrogens with zero attached hydrogens (tertiary/aromatic N) is 2. The fourth-order valence-electron chi connectivity index (χ4n) is 2.82. The predicted molar refractivity (Wildman–Crippen MR) is 101 cm³/mol. The Morgan fingerprint density at radius 2 is 1.69 bits per heavy atom. The highest BCUT2D eigenvalue weighted by Crippen LogP contribution is 2.19. The number of ether oxygens (including phenoxy) is 1. The molecule has 2 aromatic carbocycles. The minimum absolute atomic E-state index is 0.0459. The van der Waals surface area contributed by atoms with Gasteiger partial charge in [0, 0.05) is 18.1 Å². The first-order chi connectivity index (χ1) is 12.5. The van der Waals surface area contributed by atoms with Crippen molar-refractivity contribution < 1.29 is 9.53 Å². The Morgan fingerprint density at radius 3 is 2.31 bits per heavy atom. The van der Waals surface area contributed by atoms with Crippen LogP contribution in [0.1, 0.15) is 11.1 Å². The number of imidazole rings is 1. The van der Waals surface area contributed by atoms with Gasteiger partial charge in [0.1, 0.15) is 12.3 Å². The smallest absolute Gasteiger partial charge is 0.333 e. The van der Waals surface area contributed by atoms with E-state index < -0.39 is 0 Å². The Bertz CT molecular complexity index is 964. The maximum absolute atomic E-state index is 12.6. The third kappa shape index (κ3) is 3.54. The largest absolute Gasteiger partial charge is 0.497 e. The lowest BCUT2D eigenvalue weighted by Gasteiger charge is -2.11. The second-order valence-corrected chi connectivity index (χ2v) is 6.09. The summed E-state index contributed by atoms with van der Waals surface area (Å²) in [6, 6.07) is 13.0. The number of anilines is 1. The zero-order valence-electron chi connectivity index (χ0n) is 15.0. The second-order valence-electron chi connectivity index (χ2n) is 6.09. The molecule has 0 radical (unpaired) electrons. The predicted octanol–water partition coefficient (Wildman–Crippen LogP) is 2.90. The average Bonchev–Trinajstić information content (AvgIpc) is 2.99. The molecule has 0 aliphatic heterocycles. The van der Waals surface area contributed by atoms with Crippen molar-refractivity contribution in [3.8, 4) is 11.4 Å². The summed E-state index contributed by atoms with van der Waals surface area (Å²) < 4.78 is 8.00. The number of hydrogen-bond donors (Lipinski definition) is 1. The Morgan fingerprint density at radius 1 is 1.04 bits per heavy atom. The molecule has 0 aliphatic carbocycles. The van der Waals surface area contributed by atoms with Crippen LogP contribution in [0.5, 0.6) is 5.75 Å². The van der Waals surface area contributed by atoms with Gasteiger partial charge in [0.2, 0.25) is 5.91 Å². The van der Waals surface area contributed by atoms with Crippen molar-refractivity contribution in [2.75, 3.05) is 12.4 Å². The molecule has 0 bridgehead atoms. The van der Waals surface area contributed by atoms with Gasteiger partial charge in [-0.25, -0.2) is 4.79 Å². The molecule has 0 unspecified atom stereocenters. The van der Waals surface area contributed by atoms with Gasteiger partial charge < -0.3 is 10.1 Å². The highest BCUT2D eigenvalue weighted by molar-refractivity contribution is 5.92. The number of aryl methyl sites for hydroxylation is 2. The minimum atomic E-state index is -0.271. The Labute approximate surface area is 151 Å². The van der Waals surface area contributed by atoms with Crippen molar-refractivity contribution in [1.29, 1.82) is 0 Å². The van der Waals surface area contributed by atoms with E-state index in [1.807, 2.05) is 32.0 Å². The van der Waals surface area contributed by atoms with E-state index in [2.05, 4.69) is 5.32 Å². The van der Waals surface area contributed by atoms with Gasteiger partial charge in [0.05, 0.1) is 12.8 Å². The maximum atomic E-state index is 12.6. The molecule has 1 heterocycles. The van der Waals surface area contributed by atoms with Gasteiger partial charge in [-0.1, -0.05) is 18.2 Å². The molecule has 1 amide bonds. The maximum Gasteiger partial charge on any atom is 0.333 e. The molecule has 0 saturated carbocycles. The van der Waals surface area contributed by atoms with Crippen molar-refractivity contribution in [1.82, 2.24) is 9.13 Å². The van der Waals surface area contributed by atoms with Gasteiger partial charge in [-0.15, -0.1) is 0 Å². The van der Waals surface area contributed by atoms with Crippen LogP contribution in [-0.4, -0.2) is 22.2 Å². The Kier molecular flexibility index (Phi) is 4.93. The summed E-state index contributed by atoms with van der Waals surface area (Å²) in [7, 11) is 1.59. The first kappa shape index (κ1) is 17.5. The van der Waals surface area contributed by atoms with Crippen LogP contribution < -0.4 is 15.7 Å². The van der Waals surface area contributed by atoms with Gasteiger partial charge in [-0.05, 0) is 49.2 Å². The minimum Gasteiger partial charge on any atom is -0.497 e. The van der Waals surface area contributed by atoms with Crippen LogP contribution in [0.25, 0.3) is 5.69 Å². The van der Waals surface area contributed by atoms with Crippen LogP contribution in [0.4, 0.5) is 5.69 Å². The summed E-state index contributed by atoms with van der Waals surface area (Å²) in [5.41, 5.74) is 3.21. The van der Waals surface area contributed by atoms with Crippen LogP contribution in [0.3, 0.4) is 0 Å². The molecular formula is C20H21N3O3. The fraction of sp³-hybridized carbons (Fsp3) is 0.200. The molecule has 1 N–H and O–H groups in total. The van der Waals surface area contributed by atoms with E-state index in [0.29, 0.717) is 11.4 Å². The summed E-state index contributed by atoms with van der Waals surface area (Å²) >= 11 is 0. The molecule has 0 saturated heterocycles. The lowest BCUT2D eigenvalue weighted by molar-refractivity contribution is -0.116.